The fourth-order valence-electron chi connectivity index (χ4n) is 2.47. The van der Waals surface area contributed by atoms with E-state index in [1.165, 1.54) is 11.3 Å². The minimum absolute atomic E-state index is 0. The van der Waals surface area contributed by atoms with E-state index in [-0.39, 0.29) is 17.0 Å². The van der Waals surface area contributed by atoms with Crippen LogP contribution in [0, 0.1) is 12.8 Å². The minimum atomic E-state index is 0. The molecule has 1 aliphatic rings. The second-order valence-corrected chi connectivity index (χ2v) is 5.46. The van der Waals surface area contributed by atoms with E-state index in [2.05, 4.69) is 34.3 Å². The highest BCUT2D eigenvalue weighted by molar-refractivity contribution is 8.93. The highest BCUT2D eigenvalue weighted by atomic mass is 79.9. The third kappa shape index (κ3) is 4.28. The van der Waals surface area contributed by atoms with Crippen LogP contribution in [0.4, 0.5) is 5.69 Å². The van der Waals surface area contributed by atoms with Crippen LogP contribution in [0.15, 0.2) is 23.2 Å². The first-order valence-electron chi connectivity index (χ1n) is 6.57. The van der Waals surface area contributed by atoms with Crippen molar-refractivity contribution in [2.45, 2.75) is 13.3 Å². The van der Waals surface area contributed by atoms with E-state index in [1.54, 1.807) is 7.05 Å². The number of hydrogen-bond acceptors (Lipinski definition) is 2. The molecule has 1 aliphatic heterocycles. The highest BCUT2D eigenvalue weighted by Gasteiger charge is 2.23. The fourth-order valence-corrected chi connectivity index (χ4v) is 2.64. The molecule has 2 rings (SSSR count). The molecule has 3 N–H and O–H groups in total. The zero-order valence-electron chi connectivity index (χ0n) is 11.9. The highest BCUT2D eigenvalue weighted by Crippen LogP contribution is 2.29. The summed E-state index contributed by atoms with van der Waals surface area (Å²) in [5.41, 5.74) is 8.16. The first-order chi connectivity index (χ1) is 9.10. The second kappa shape index (κ2) is 7.74. The molecule has 0 bridgehead atoms. The Balaban J connectivity index is 0.00000200. The lowest BCUT2D eigenvalue weighted by Gasteiger charge is -2.21. The van der Waals surface area contributed by atoms with Crippen molar-refractivity contribution in [3.8, 4) is 0 Å². The maximum absolute atomic E-state index is 6.08. The number of nitrogens with two attached hydrogens (primary N) is 1. The number of nitrogens with one attached hydrogen (secondary N) is 1. The fraction of sp³-hybridized carbons (Fsp3) is 0.500. The van der Waals surface area contributed by atoms with Gasteiger partial charge in [-0.25, -0.2) is 0 Å². The van der Waals surface area contributed by atoms with Gasteiger partial charge in [0.15, 0.2) is 5.96 Å². The zero-order valence-corrected chi connectivity index (χ0v) is 14.4. The SMILES string of the molecule is Br.CN=C(N)NCC1CCN(c2cc(Cl)ccc2C)C1. The molecule has 1 fully saturated rings. The lowest BCUT2D eigenvalue weighted by atomic mass is 10.1. The Labute approximate surface area is 136 Å². The number of halogens is 2. The predicted molar refractivity (Wildman–Crippen MR) is 92.4 cm³/mol. The third-order valence-electron chi connectivity index (χ3n) is 3.61. The molecule has 1 aromatic carbocycles. The smallest absolute Gasteiger partial charge is 0.188 e. The minimum Gasteiger partial charge on any atom is -0.371 e. The van der Waals surface area contributed by atoms with Crippen molar-refractivity contribution in [2.75, 3.05) is 31.6 Å². The zero-order chi connectivity index (χ0) is 13.8. The van der Waals surface area contributed by atoms with Crippen LogP contribution in [0.3, 0.4) is 0 Å². The van der Waals surface area contributed by atoms with Gasteiger partial charge in [-0.15, -0.1) is 17.0 Å². The van der Waals surface area contributed by atoms with Gasteiger partial charge in [-0.2, -0.15) is 0 Å². The molecular weight excluding hydrogens is 340 g/mol. The van der Waals surface area contributed by atoms with Gasteiger partial charge < -0.3 is 16.0 Å². The summed E-state index contributed by atoms with van der Waals surface area (Å²) in [6.45, 7) is 5.10. The first-order valence-corrected chi connectivity index (χ1v) is 6.95. The van der Waals surface area contributed by atoms with Gasteiger partial charge in [0.05, 0.1) is 0 Å². The van der Waals surface area contributed by atoms with Crippen molar-refractivity contribution < 1.29 is 0 Å². The average Bonchev–Trinajstić information content (AvgIpc) is 2.87. The molecule has 1 aromatic rings. The van der Waals surface area contributed by atoms with Crippen LogP contribution in [0.25, 0.3) is 0 Å². The molecule has 0 saturated carbocycles. The Morgan fingerprint density at radius 3 is 3.00 bits per heavy atom. The van der Waals surface area contributed by atoms with Crippen LogP contribution >= 0.6 is 28.6 Å². The van der Waals surface area contributed by atoms with E-state index >= 15 is 0 Å². The summed E-state index contributed by atoms with van der Waals surface area (Å²) in [6.07, 6.45) is 1.16. The number of anilines is 1. The Hall–Kier alpha value is -0.940. The van der Waals surface area contributed by atoms with Crippen molar-refractivity contribution >= 4 is 40.2 Å². The molecular formula is C14H22BrClN4. The van der Waals surface area contributed by atoms with Crippen molar-refractivity contribution in [3.05, 3.63) is 28.8 Å². The molecule has 20 heavy (non-hydrogen) atoms. The largest absolute Gasteiger partial charge is 0.371 e. The van der Waals surface area contributed by atoms with E-state index in [4.69, 9.17) is 17.3 Å². The molecule has 0 aliphatic carbocycles. The lowest BCUT2D eigenvalue weighted by Crippen LogP contribution is -2.36. The van der Waals surface area contributed by atoms with Crippen molar-refractivity contribution in [3.63, 3.8) is 0 Å². The van der Waals surface area contributed by atoms with Crippen LogP contribution in [-0.2, 0) is 0 Å². The van der Waals surface area contributed by atoms with Crippen molar-refractivity contribution in [1.82, 2.24) is 5.32 Å². The average molecular weight is 362 g/mol. The van der Waals surface area contributed by atoms with Crippen LogP contribution in [-0.4, -0.2) is 32.6 Å². The Bertz CT molecular complexity index is 478. The topological polar surface area (TPSA) is 53.6 Å². The van der Waals surface area contributed by atoms with E-state index < -0.39 is 0 Å². The number of aliphatic imine (C=N–C) groups is 1. The van der Waals surface area contributed by atoms with E-state index in [1.807, 2.05) is 6.07 Å². The molecule has 1 unspecified atom stereocenters. The summed E-state index contributed by atoms with van der Waals surface area (Å²) in [6, 6.07) is 6.06. The van der Waals surface area contributed by atoms with Crippen LogP contribution in [0.2, 0.25) is 5.02 Å². The number of rotatable bonds is 3. The molecule has 0 amide bonds. The van der Waals surface area contributed by atoms with Crippen molar-refractivity contribution in [2.24, 2.45) is 16.6 Å². The van der Waals surface area contributed by atoms with E-state index in [9.17, 15) is 0 Å². The number of hydrogen-bond donors (Lipinski definition) is 2. The molecule has 1 atom stereocenters. The molecule has 1 heterocycles. The maximum atomic E-state index is 6.08. The second-order valence-electron chi connectivity index (χ2n) is 5.02. The number of guanidine groups is 1. The van der Waals surface area contributed by atoms with Crippen LogP contribution in [0.5, 0.6) is 0 Å². The normalized spacial score (nSPS) is 18.9. The lowest BCUT2D eigenvalue weighted by molar-refractivity contribution is 0.570. The Kier molecular flexibility index (Phi) is 6.62. The Morgan fingerprint density at radius 1 is 1.55 bits per heavy atom. The van der Waals surface area contributed by atoms with Gasteiger partial charge >= 0.3 is 0 Å². The molecule has 6 heteroatoms. The van der Waals surface area contributed by atoms with Crippen molar-refractivity contribution in [1.29, 1.82) is 0 Å². The number of aryl methyl sites for hydroxylation is 1. The Morgan fingerprint density at radius 2 is 2.30 bits per heavy atom. The summed E-state index contributed by atoms with van der Waals surface area (Å²) in [5.74, 6) is 1.11. The van der Waals surface area contributed by atoms with Gasteiger partial charge in [0, 0.05) is 37.4 Å². The number of benzene rings is 1. The third-order valence-corrected chi connectivity index (χ3v) is 3.85. The molecule has 0 radical (unpaired) electrons. The summed E-state index contributed by atoms with van der Waals surface area (Å²) in [5, 5.41) is 3.94. The number of nitrogens with zero attached hydrogens (tertiary/aromatic N) is 2. The standard InChI is InChI=1S/C14H21ClN4.BrH/c1-10-3-4-12(15)7-13(10)19-6-5-11(9-19)8-18-14(16)17-2;/h3-4,7,11H,5-6,8-9H2,1-2H3,(H3,16,17,18);1H. The summed E-state index contributed by atoms with van der Waals surface area (Å²) >= 11 is 6.08. The van der Waals surface area contributed by atoms with Gasteiger partial charge in [0.1, 0.15) is 0 Å². The van der Waals surface area contributed by atoms with E-state index in [0.29, 0.717) is 11.9 Å². The first kappa shape index (κ1) is 17.1. The monoisotopic (exact) mass is 360 g/mol. The van der Waals surface area contributed by atoms with E-state index in [0.717, 1.165) is 31.1 Å². The van der Waals surface area contributed by atoms with Gasteiger partial charge in [-0.3, -0.25) is 4.99 Å². The van der Waals surface area contributed by atoms with Gasteiger partial charge in [0.2, 0.25) is 0 Å². The molecule has 112 valence electrons. The summed E-state index contributed by atoms with van der Waals surface area (Å²) in [4.78, 5) is 6.30. The quantitative estimate of drug-likeness (QED) is 0.643. The van der Waals surface area contributed by atoms with Gasteiger partial charge in [-0.05, 0) is 37.0 Å². The molecule has 4 nitrogen and oxygen atoms in total. The van der Waals surface area contributed by atoms with Gasteiger partial charge in [-0.1, -0.05) is 17.7 Å². The maximum Gasteiger partial charge on any atom is 0.188 e. The molecule has 0 spiro atoms. The molecule has 1 saturated heterocycles. The molecule has 0 aromatic heterocycles. The summed E-state index contributed by atoms with van der Waals surface area (Å²) < 4.78 is 0. The van der Waals surface area contributed by atoms with Gasteiger partial charge in [0.25, 0.3) is 0 Å². The van der Waals surface area contributed by atoms with Crippen LogP contribution < -0.4 is 16.0 Å². The van der Waals surface area contributed by atoms with Crippen LogP contribution in [0.1, 0.15) is 12.0 Å². The predicted octanol–water partition coefficient (Wildman–Crippen LogP) is 2.59. The summed E-state index contributed by atoms with van der Waals surface area (Å²) in [7, 11) is 1.69.